The van der Waals surface area contributed by atoms with E-state index < -0.39 is 6.10 Å². The van der Waals surface area contributed by atoms with Crippen LogP contribution in [0.4, 0.5) is 0 Å². The molecule has 0 saturated carbocycles. The number of amides is 1. The van der Waals surface area contributed by atoms with Crippen LogP contribution in [-0.4, -0.2) is 23.7 Å². The van der Waals surface area contributed by atoms with E-state index in [4.69, 9.17) is 0 Å². The Labute approximate surface area is 103 Å². The first kappa shape index (κ1) is 13.7. The summed E-state index contributed by atoms with van der Waals surface area (Å²) in [6, 6.07) is 5.78. The Balaban J connectivity index is 2.64. The van der Waals surface area contributed by atoms with E-state index in [1.54, 1.807) is 0 Å². The number of hydrogen-bond donors (Lipinski definition) is 2. The standard InChI is InChI=1S/C14H21NO2/c1-4-6-12(16)9-15-14(17)13-10(2)7-5-8-11(13)3/h5,7-8,12,16H,4,6,9H2,1-3H3,(H,15,17). The molecule has 0 aromatic heterocycles. The van der Waals surface area contributed by atoms with Crippen molar-refractivity contribution in [2.24, 2.45) is 0 Å². The van der Waals surface area contributed by atoms with E-state index >= 15 is 0 Å². The van der Waals surface area contributed by atoms with Gasteiger partial charge in [0.2, 0.25) is 0 Å². The van der Waals surface area contributed by atoms with Gasteiger partial charge >= 0.3 is 0 Å². The van der Waals surface area contributed by atoms with Crippen LogP contribution >= 0.6 is 0 Å². The molecule has 0 saturated heterocycles. The van der Waals surface area contributed by atoms with Crippen molar-refractivity contribution in [3.63, 3.8) is 0 Å². The maximum atomic E-state index is 12.0. The van der Waals surface area contributed by atoms with Crippen molar-refractivity contribution in [3.05, 3.63) is 34.9 Å². The monoisotopic (exact) mass is 235 g/mol. The molecule has 17 heavy (non-hydrogen) atoms. The van der Waals surface area contributed by atoms with E-state index in [1.165, 1.54) is 0 Å². The summed E-state index contributed by atoms with van der Waals surface area (Å²) >= 11 is 0. The Morgan fingerprint density at radius 3 is 2.47 bits per heavy atom. The van der Waals surface area contributed by atoms with E-state index in [9.17, 15) is 9.90 Å². The lowest BCUT2D eigenvalue weighted by atomic mass is 10.0. The number of hydrogen-bond acceptors (Lipinski definition) is 2. The highest BCUT2D eigenvalue weighted by Crippen LogP contribution is 2.12. The molecule has 0 bridgehead atoms. The van der Waals surface area contributed by atoms with Crippen LogP contribution < -0.4 is 5.32 Å². The van der Waals surface area contributed by atoms with Gasteiger partial charge in [0.15, 0.2) is 0 Å². The third kappa shape index (κ3) is 3.86. The van der Waals surface area contributed by atoms with E-state index in [1.807, 2.05) is 39.0 Å². The third-order valence-electron chi connectivity index (χ3n) is 2.83. The first-order valence-corrected chi connectivity index (χ1v) is 6.08. The number of aliphatic hydroxyl groups is 1. The highest BCUT2D eigenvalue weighted by Gasteiger charge is 2.12. The number of carbonyl (C=O) groups is 1. The van der Waals surface area contributed by atoms with E-state index in [0.717, 1.165) is 23.1 Å². The molecule has 0 heterocycles. The normalized spacial score (nSPS) is 12.2. The molecule has 0 radical (unpaired) electrons. The summed E-state index contributed by atoms with van der Waals surface area (Å²) in [5, 5.41) is 12.3. The minimum atomic E-state index is -0.451. The Hall–Kier alpha value is -1.35. The smallest absolute Gasteiger partial charge is 0.251 e. The largest absolute Gasteiger partial charge is 0.391 e. The van der Waals surface area contributed by atoms with Gasteiger partial charge < -0.3 is 10.4 Å². The molecular formula is C14H21NO2. The SMILES string of the molecule is CCCC(O)CNC(=O)c1c(C)cccc1C. The van der Waals surface area contributed by atoms with Gasteiger partial charge in [-0.15, -0.1) is 0 Å². The molecule has 0 aliphatic carbocycles. The van der Waals surface area contributed by atoms with Crippen molar-refractivity contribution in [2.75, 3.05) is 6.54 Å². The molecule has 1 aromatic carbocycles. The second kappa shape index (κ2) is 6.40. The van der Waals surface area contributed by atoms with Crippen LogP contribution in [0, 0.1) is 13.8 Å². The maximum Gasteiger partial charge on any atom is 0.251 e. The van der Waals surface area contributed by atoms with Gasteiger partial charge in [-0.25, -0.2) is 0 Å². The molecule has 0 aliphatic heterocycles. The minimum Gasteiger partial charge on any atom is -0.391 e. The van der Waals surface area contributed by atoms with Crippen LogP contribution in [0.5, 0.6) is 0 Å². The lowest BCUT2D eigenvalue weighted by Crippen LogP contribution is -2.32. The summed E-state index contributed by atoms with van der Waals surface area (Å²) in [4.78, 5) is 12.0. The summed E-state index contributed by atoms with van der Waals surface area (Å²) in [7, 11) is 0. The number of benzene rings is 1. The van der Waals surface area contributed by atoms with E-state index in [-0.39, 0.29) is 5.91 Å². The number of aryl methyl sites for hydroxylation is 2. The lowest BCUT2D eigenvalue weighted by molar-refractivity contribution is 0.0909. The van der Waals surface area contributed by atoms with Crippen LogP contribution in [0.2, 0.25) is 0 Å². The molecule has 0 fully saturated rings. The Morgan fingerprint density at radius 1 is 1.35 bits per heavy atom. The predicted octanol–water partition coefficient (Wildman–Crippen LogP) is 2.19. The Morgan fingerprint density at radius 2 is 1.94 bits per heavy atom. The highest BCUT2D eigenvalue weighted by molar-refractivity contribution is 5.97. The van der Waals surface area contributed by atoms with Gasteiger partial charge in [0, 0.05) is 12.1 Å². The van der Waals surface area contributed by atoms with E-state index in [2.05, 4.69) is 5.32 Å². The average molecular weight is 235 g/mol. The Kier molecular flexibility index (Phi) is 5.16. The fourth-order valence-electron chi connectivity index (χ4n) is 1.91. The molecule has 1 amide bonds. The van der Waals surface area contributed by atoms with Gasteiger partial charge in [0.05, 0.1) is 6.10 Å². The predicted molar refractivity (Wildman–Crippen MR) is 69.2 cm³/mol. The van der Waals surface area contributed by atoms with Crippen molar-refractivity contribution < 1.29 is 9.90 Å². The average Bonchev–Trinajstić information content (AvgIpc) is 2.26. The Bertz CT molecular complexity index is 368. The first-order valence-electron chi connectivity index (χ1n) is 6.08. The molecular weight excluding hydrogens is 214 g/mol. The molecule has 3 heteroatoms. The van der Waals surface area contributed by atoms with Crippen molar-refractivity contribution in [1.82, 2.24) is 5.32 Å². The maximum absolute atomic E-state index is 12.0. The third-order valence-corrected chi connectivity index (χ3v) is 2.83. The van der Waals surface area contributed by atoms with Gasteiger partial charge in [-0.3, -0.25) is 4.79 Å². The molecule has 1 atom stereocenters. The molecule has 3 nitrogen and oxygen atoms in total. The van der Waals surface area contributed by atoms with Crippen LogP contribution in [0.3, 0.4) is 0 Å². The first-order chi connectivity index (χ1) is 8.06. The zero-order chi connectivity index (χ0) is 12.8. The summed E-state index contributed by atoms with van der Waals surface area (Å²) in [6.07, 6.45) is 1.18. The van der Waals surface area contributed by atoms with Crippen LogP contribution in [0.25, 0.3) is 0 Å². The van der Waals surface area contributed by atoms with Crippen molar-refractivity contribution in [1.29, 1.82) is 0 Å². The molecule has 0 spiro atoms. The molecule has 1 unspecified atom stereocenters. The molecule has 0 aliphatic rings. The van der Waals surface area contributed by atoms with Crippen LogP contribution in [0.1, 0.15) is 41.3 Å². The van der Waals surface area contributed by atoms with Crippen LogP contribution in [-0.2, 0) is 0 Å². The topological polar surface area (TPSA) is 49.3 Å². The zero-order valence-electron chi connectivity index (χ0n) is 10.8. The summed E-state index contributed by atoms with van der Waals surface area (Å²) in [5.74, 6) is -0.101. The highest BCUT2D eigenvalue weighted by atomic mass is 16.3. The second-order valence-electron chi connectivity index (χ2n) is 4.42. The number of nitrogens with one attached hydrogen (secondary N) is 1. The fraction of sp³-hybridized carbons (Fsp3) is 0.500. The lowest BCUT2D eigenvalue weighted by Gasteiger charge is -2.13. The van der Waals surface area contributed by atoms with Gasteiger partial charge in [0.25, 0.3) is 5.91 Å². The van der Waals surface area contributed by atoms with Crippen molar-refractivity contribution in [2.45, 2.75) is 39.7 Å². The quantitative estimate of drug-likeness (QED) is 0.822. The van der Waals surface area contributed by atoms with E-state index in [0.29, 0.717) is 13.0 Å². The zero-order valence-corrected chi connectivity index (χ0v) is 10.8. The van der Waals surface area contributed by atoms with Crippen molar-refractivity contribution in [3.8, 4) is 0 Å². The van der Waals surface area contributed by atoms with Gasteiger partial charge in [-0.1, -0.05) is 31.5 Å². The summed E-state index contributed by atoms with van der Waals surface area (Å²) in [5.41, 5.74) is 2.65. The number of rotatable bonds is 5. The van der Waals surface area contributed by atoms with Crippen molar-refractivity contribution >= 4 is 5.91 Å². The summed E-state index contributed by atoms with van der Waals surface area (Å²) < 4.78 is 0. The summed E-state index contributed by atoms with van der Waals surface area (Å²) in [6.45, 7) is 6.17. The number of carbonyl (C=O) groups excluding carboxylic acids is 1. The minimum absolute atomic E-state index is 0.101. The molecule has 94 valence electrons. The van der Waals surface area contributed by atoms with Gasteiger partial charge in [-0.2, -0.15) is 0 Å². The second-order valence-corrected chi connectivity index (χ2v) is 4.42. The van der Waals surface area contributed by atoms with Gasteiger partial charge in [-0.05, 0) is 31.4 Å². The number of aliphatic hydroxyl groups excluding tert-OH is 1. The van der Waals surface area contributed by atoms with Crippen LogP contribution in [0.15, 0.2) is 18.2 Å². The molecule has 1 rings (SSSR count). The molecule has 2 N–H and O–H groups in total. The van der Waals surface area contributed by atoms with Gasteiger partial charge in [0.1, 0.15) is 0 Å². The molecule has 1 aromatic rings. The fourth-order valence-corrected chi connectivity index (χ4v) is 1.91.